The summed E-state index contributed by atoms with van der Waals surface area (Å²) in [5.41, 5.74) is 0.348. The molecule has 182 valence electrons. The number of carbonyl (C=O) groups is 2. The molecule has 2 N–H and O–H groups in total. The number of benzene rings is 2. The van der Waals surface area contributed by atoms with Gasteiger partial charge in [-0.3, -0.25) is 9.59 Å². The molecule has 34 heavy (non-hydrogen) atoms. The van der Waals surface area contributed by atoms with Gasteiger partial charge < -0.3 is 10.2 Å². The molecular weight excluding hydrogens is 464 g/mol. The first-order valence-electron chi connectivity index (χ1n) is 11.4. The van der Waals surface area contributed by atoms with Crippen molar-refractivity contribution < 1.29 is 26.8 Å². The van der Waals surface area contributed by atoms with Gasteiger partial charge in [0.1, 0.15) is 28.6 Å². The summed E-state index contributed by atoms with van der Waals surface area (Å²) in [6.45, 7) is 0.303. The van der Waals surface area contributed by atoms with E-state index in [2.05, 4.69) is 10.0 Å². The van der Waals surface area contributed by atoms with E-state index in [1.165, 1.54) is 4.90 Å². The van der Waals surface area contributed by atoms with Gasteiger partial charge >= 0.3 is 0 Å². The molecule has 0 unspecified atom stereocenters. The second-order valence-corrected chi connectivity index (χ2v) is 10.4. The van der Waals surface area contributed by atoms with Gasteiger partial charge in [0.2, 0.25) is 21.8 Å². The number of rotatable bonds is 7. The largest absolute Gasteiger partial charge is 0.352 e. The molecule has 2 amide bonds. The molecule has 2 aliphatic rings. The van der Waals surface area contributed by atoms with Crippen LogP contribution in [0.25, 0.3) is 0 Å². The van der Waals surface area contributed by atoms with Crippen LogP contribution in [0.2, 0.25) is 0 Å². The van der Waals surface area contributed by atoms with E-state index >= 15 is 0 Å². The SMILES string of the molecule is O=C(NC1CCCC1)[C@@H]1CCCN1C(=O)[C@@H](NS(=O)(=O)c1ccc(F)cc1F)c1ccccc1. The van der Waals surface area contributed by atoms with Crippen LogP contribution in [0.5, 0.6) is 0 Å². The third-order valence-corrected chi connectivity index (χ3v) is 7.83. The first-order chi connectivity index (χ1) is 16.3. The average Bonchev–Trinajstić information content (AvgIpc) is 3.49. The van der Waals surface area contributed by atoms with Gasteiger partial charge in [0.05, 0.1) is 0 Å². The van der Waals surface area contributed by atoms with Crippen LogP contribution in [-0.2, 0) is 19.6 Å². The van der Waals surface area contributed by atoms with Gasteiger partial charge in [-0.15, -0.1) is 0 Å². The van der Waals surface area contributed by atoms with Crippen molar-refractivity contribution in [3.8, 4) is 0 Å². The van der Waals surface area contributed by atoms with Crippen molar-refractivity contribution in [2.45, 2.75) is 61.5 Å². The van der Waals surface area contributed by atoms with Crippen LogP contribution in [0.4, 0.5) is 8.78 Å². The smallest absolute Gasteiger partial charge is 0.245 e. The minimum Gasteiger partial charge on any atom is -0.352 e. The lowest BCUT2D eigenvalue weighted by molar-refractivity contribution is -0.140. The maximum atomic E-state index is 14.3. The molecule has 10 heteroatoms. The second kappa shape index (κ2) is 10.2. The maximum Gasteiger partial charge on any atom is 0.245 e. The molecule has 7 nitrogen and oxygen atoms in total. The number of nitrogens with one attached hydrogen (secondary N) is 2. The summed E-state index contributed by atoms with van der Waals surface area (Å²) < 4.78 is 55.8. The van der Waals surface area contributed by atoms with Crippen molar-refractivity contribution in [1.82, 2.24) is 14.9 Å². The predicted octanol–water partition coefficient (Wildman–Crippen LogP) is 3.03. The zero-order valence-corrected chi connectivity index (χ0v) is 19.4. The monoisotopic (exact) mass is 491 g/mol. The number of amides is 2. The van der Waals surface area contributed by atoms with E-state index in [4.69, 9.17) is 0 Å². The van der Waals surface area contributed by atoms with Crippen molar-refractivity contribution in [3.05, 3.63) is 65.7 Å². The van der Waals surface area contributed by atoms with Crippen LogP contribution in [0.15, 0.2) is 53.4 Å². The molecule has 0 bridgehead atoms. The van der Waals surface area contributed by atoms with Crippen LogP contribution >= 0.6 is 0 Å². The Bertz CT molecular complexity index is 1150. The number of hydrogen-bond acceptors (Lipinski definition) is 4. The summed E-state index contributed by atoms with van der Waals surface area (Å²) in [5, 5.41) is 3.01. The molecule has 1 saturated carbocycles. The Kier molecular flexibility index (Phi) is 7.27. The second-order valence-electron chi connectivity index (χ2n) is 8.72. The van der Waals surface area contributed by atoms with Gasteiger partial charge in [-0.1, -0.05) is 43.2 Å². The molecular formula is C24H27F2N3O4S. The van der Waals surface area contributed by atoms with E-state index in [-0.39, 0.29) is 11.9 Å². The average molecular weight is 492 g/mol. The lowest BCUT2D eigenvalue weighted by atomic mass is 10.1. The summed E-state index contributed by atoms with van der Waals surface area (Å²) in [6, 6.07) is 8.30. The van der Waals surface area contributed by atoms with E-state index < -0.39 is 44.5 Å². The molecule has 1 aliphatic carbocycles. The number of nitrogens with zero attached hydrogens (tertiary/aromatic N) is 1. The van der Waals surface area contributed by atoms with Gasteiger partial charge in [-0.2, -0.15) is 4.72 Å². The Hall–Kier alpha value is -2.85. The number of sulfonamides is 1. The third kappa shape index (κ3) is 5.28. The minimum atomic E-state index is -4.53. The van der Waals surface area contributed by atoms with Crippen LogP contribution in [0.1, 0.15) is 50.1 Å². The molecule has 0 radical (unpaired) electrons. The molecule has 1 heterocycles. The highest BCUT2D eigenvalue weighted by atomic mass is 32.2. The topological polar surface area (TPSA) is 95.6 Å². The number of halogens is 2. The van der Waals surface area contributed by atoms with Gasteiger partial charge in [-0.25, -0.2) is 17.2 Å². The molecule has 1 aliphatic heterocycles. The molecule has 2 atom stereocenters. The Morgan fingerprint density at radius 2 is 1.68 bits per heavy atom. The van der Waals surface area contributed by atoms with Crippen molar-refractivity contribution >= 4 is 21.8 Å². The normalized spacial score (nSPS) is 19.8. The summed E-state index contributed by atoms with van der Waals surface area (Å²) in [6.07, 6.45) is 5.00. The highest BCUT2D eigenvalue weighted by Gasteiger charge is 2.40. The standard InChI is InChI=1S/C24H27F2N3O4S/c25-17-12-13-21(19(26)15-17)34(32,33)28-22(16-7-2-1-3-8-16)24(31)29-14-6-11-20(29)23(30)27-18-9-4-5-10-18/h1-3,7-8,12-13,15,18,20,22,28H,4-6,9-11,14H2,(H,27,30)/t20-,22-/m0/s1. The van der Waals surface area contributed by atoms with Gasteiger partial charge in [0, 0.05) is 18.7 Å². The molecule has 1 saturated heterocycles. The first-order valence-corrected chi connectivity index (χ1v) is 12.9. The molecule has 0 aromatic heterocycles. The molecule has 2 fully saturated rings. The lowest BCUT2D eigenvalue weighted by Gasteiger charge is -2.29. The van der Waals surface area contributed by atoms with Crippen molar-refractivity contribution in [1.29, 1.82) is 0 Å². The summed E-state index contributed by atoms with van der Waals surface area (Å²) in [7, 11) is -4.53. The summed E-state index contributed by atoms with van der Waals surface area (Å²) in [4.78, 5) is 27.2. The summed E-state index contributed by atoms with van der Waals surface area (Å²) >= 11 is 0. The maximum absolute atomic E-state index is 14.3. The van der Waals surface area contributed by atoms with Crippen LogP contribution in [0, 0.1) is 11.6 Å². The Morgan fingerprint density at radius 1 is 0.971 bits per heavy atom. The van der Waals surface area contributed by atoms with E-state index in [0.29, 0.717) is 31.0 Å². The van der Waals surface area contributed by atoms with Gasteiger partial charge in [0.25, 0.3) is 0 Å². The molecule has 4 rings (SSSR count). The molecule has 0 spiro atoms. The fourth-order valence-electron chi connectivity index (χ4n) is 4.65. The van der Waals surface area contributed by atoms with Crippen molar-refractivity contribution in [3.63, 3.8) is 0 Å². The molecule has 2 aromatic carbocycles. The van der Waals surface area contributed by atoms with E-state index in [9.17, 15) is 26.8 Å². The zero-order chi connectivity index (χ0) is 24.3. The van der Waals surface area contributed by atoms with Gasteiger partial charge in [0.15, 0.2) is 0 Å². The van der Waals surface area contributed by atoms with E-state index in [1.807, 2.05) is 0 Å². The highest BCUT2D eigenvalue weighted by molar-refractivity contribution is 7.89. The number of likely N-dealkylation sites (tertiary alicyclic amines) is 1. The number of hydrogen-bond donors (Lipinski definition) is 2. The Morgan fingerprint density at radius 3 is 2.35 bits per heavy atom. The quantitative estimate of drug-likeness (QED) is 0.623. The Balaban J connectivity index is 1.60. The highest BCUT2D eigenvalue weighted by Crippen LogP contribution is 2.27. The van der Waals surface area contributed by atoms with Crippen LogP contribution < -0.4 is 10.0 Å². The first kappa shape index (κ1) is 24.3. The van der Waals surface area contributed by atoms with Crippen molar-refractivity contribution in [2.24, 2.45) is 0 Å². The minimum absolute atomic E-state index is 0.0925. The molecule has 2 aromatic rings. The number of carbonyl (C=O) groups excluding carboxylic acids is 2. The van der Waals surface area contributed by atoms with Crippen LogP contribution in [-0.4, -0.2) is 43.8 Å². The fourth-order valence-corrected chi connectivity index (χ4v) is 5.89. The van der Waals surface area contributed by atoms with Crippen molar-refractivity contribution in [2.75, 3.05) is 6.54 Å². The lowest BCUT2D eigenvalue weighted by Crippen LogP contribution is -2.51. The van der Waals surface area contributed by atoms with E-state index in [0.717, 1.165) is 37.8 Å². The fraction of sp³-hybridized carbons (Fsp3) is 0.417. The summed E-state index contributed by atoms with van der Waals surface area (Å²) in [5.74, 6) is -3.01. The van der Waals surface area contributed by atoms with Gasteiger partial charge in [-0.05, 0) is 43.4 Å². The third-order valence-electron chi connectivity index (χ3n) is 6.38. The van der Waals surface area contributed by atoms with Crippen LogP contribution in [0.3, 0.4) is 0 Å². The van der Waals surface area contributed by atoms with E-state index in [1.54, 1.807) is 30.3 Å². The zero-order valence-electron chi connectivity index (χ0n) is 18.5. The Labute approximate surface area is 197 Å². The predicted molar refractivity (Wildman–Crippen MR) is 121 cm³/mol.